The third kappa shape index (κ3) is 3.68. The van der Waals surface area contributed by atoms with E-state index < -0.39 is 0 Å². The van der Waals surface area contributed by atoms with Gasteiger partial charge in [0.2, 0.25) is 0 Å². The predicted molar refractivity (Wildman–Crippen MR) is 108 cm³/mol. The molecule has 2 heteroatoms. The SMILES string of the molecule is C=C/C=C\C(=N)c1cccc(-c2ccc(-c3ccccc3)c(C#N)c2)c1. The van der Waals surface area contributed by atoms with Crippen molar-refractivity contribution in [3.63, 3.8) is 0 Å². The molecule has 3 aromatic rings. The summed E-state index contributed by atoms with van der Waals surface area (Å²) in [7, 11) is 0. The van der Waals surface area contributed by atoms with Crippen LogP contribution in [0.1, 0.15) is 11.1 Å². The lowest BCUT2D eigenvalue weighted by molar-refractivity contribution is 1.47. The average Bonchev–Trinajstić information content (AvgIpc) is 2.72. The van der Waals surface area contributed by atoms with Crippen LogP contribution in [-0.2, 0) is 0 Å². The van der Waals surface area contributed by atoms with Gasteiger partial charge in [-0.05, 0) is 46.0 Å². The first kappa shape index (κ1) is 17.1. The third-order valence-corrected chi connectivity index (χ3v) is 4.13. The summed E-state index contributed by atoms with van der Waals surface area (Å²) in [4.78, 5) is 0. The van der Waals surface area contributed by atoms with Gasteiger partial charge in [-0.15, -0.1) is 0 Å². The highest BCUT2D eigenvalue weighted by Crippen LogP contribution is 2.29. The van der Waals surface area contributed by atoms with Gasteiger partial charge in [-0.1, -0.05) is 79.4 Å². The smallest absolute Gasteiger partial charge is 0.0998 e. The average molecular weight is 334 g/mol. The number of hydrogen-bond donors (Lipinski definition) is 1. The molecule has 2 nitrogen and oxygen atoms in total. The molecule has 0 amide bonds. The van der Waals surface area contributed by atoms with Gasteiger partial charge in [0, 0.05) is 0 Å². The predicted octanol–water partition coefficient (Wildman–Crippen LogP) is 6.00. The number of hydrogen-bond acceptors (Lipinski definition) is 2. The molecular formula is C24H18N2. The quantitative estimate of drug-likeness (QED) is 0.451. The second kappa shape index (κ2) is 7.92. The fourth-order valence-electron chi connectivity index (χ4n) is 2.81. The van der Waals surface area contributed by atoms with E-state index in [0.29, 0.717) is 11.3 Å². The van der Waals surface area contributed by atoms with Crippen LogP contribution in [0.4, 0.5) is 0 Å². The van der Waals surface area contributed by atoms with E-state index >= 15 is 0 Å². The molecule has 0 bridgehead atoms. The minimum atomic E-state index is 0.424. The Labute approximate surface area is 153 Å². The molecule has 0 aromatic heterocycles. The first-order valence-corrected chi connectivity index (χ1v) is 8.31. The molecule has 0 aliphatic heterocycles. The molecule has 0 saturated heterocycles. The zero-order chi connectivity index (χ0) is 18.4. The van der Waals surface area contributed by atoms with Crippen LogP contribution in [0.5, 0.6) is 0 Å². The van der Waals surface area contributed by atoms with Gasteiger partial charge < -0.3 is 5.41 Å². The van der Waals surface area contributed by atoms with Crippen LogP contribution in [0.15, 0.2) is 97.6 Å². The minimum absolute atomic E-state index is 0.424. The van der Waals surface area contributed by atoms with E-state index in [1.165, 1.54) is 0 Å². The van der Waals surface area contributed by atoms with Crippen LogP contribution in [0, 0.1) is 16.7 Å². The maximum Gasteiger partial charge on any atom is 0.0998 e. The summed E-state index contributed by atoms with van der Waals surface area (Å²) in [5.41, 5.74) is 5.79. The standard InChI is InChI=1S/C24H18N2/c1-2-3-12-24(26)21-11-7-10-19(15-21)20-13-14-23(22(16-20)17-25)18-8-5-4-6-9-18/h2-16,26H,1H2/b12-3-,26-24?. The maximum atomic E-state index is 9.59. The van der Waals surface area contributed by atoms with Crippen molar-refractivity contribution in [2.45, 2.75) is 0 Å². The summed E-state index contributed by atoms with van der Waals surface area (Å²) >= 11 is 0. The first-order chi connectivity index (χ1) is 12.7. The third-order valence-electron chi connectivity index (χ3n) is 4.13. The second-order valence-corrected chi connectivity index (χ2v) is 5.83. The monoisotopic (exact) mass is 334 g/mol. The molecule has 1 N–H and O–H groups in total. The van der Waals surface area contributed by atoms with Crippen molar-refractivity contribution < 1.29 is 0 Å². The van der Waals surface area contributed by atoms with Gasteiger partial charge in [0.25, 0.3) is 0 Å². The Balaban J connectivity index is 2.01. The van der Waals surface area contributed by atoms with Gasteiger partial charge in [-0.25, -0.2) is 0 Å². The van der Waals surface area contributed by atoms with Gasteiger partial charge in [0.1, 0.15) is 0 Å². The zero-order valence-corrected chi connectivity index (χ0v) is 14.3. The summed E-state index contributed by atoms with van der Waals surface area (Å²) in [5.74, 6) is 0. The highest BCUT2D eigenvalue weighted by atomic mass is 14.4. The van der Waals surface area contributed by atoms with Crippen molar-refractivity contribution in [2.24, 2.45) is 0 Å². The Kier molecular flexibility index (Phi) is 5.22. The Hall–Kier alpha value is -3.70. The molecule has 3 aromatic carbocycles. The largest absolute Gasteiger partial charge is 0.300 e. The molecule has 0 heterocycles. The lowest BCUT2D eigenvalue weighted by atomic mass is 9.94. The molecule has 0 fully saturated rings. The first-order valence-electron chi connectivity index (χ1n) is 8.31. The molecule has 26 heavy (non-hydrogen) atoms. The van der Waals surface area contributed by atoms with Crippen molar-refractivity contribution in [1.29, 1.82) is 10.7 Å². The number of allylic oxidation sites excluding steroid dienone is 3. The normalized spacial score (nSPS) is 10.4. The molecule has 124 valence electrons. The van der Waals surface area contributed by atoms with Gasteiger partial charge in [-0.2, -0.15) is 5.26 Å². The maximum absolute atomic E-state index is 9.59. The van der Waals surface area contributed by atoms with Crippen LogP contribution in [0.3, 0.4) is 0 Å². The summed E-state index contributed by atoms with van der Waals surface area (Å²) in [6, 6.07) is 25.9. The van der Waals surface area contributed by atoms with Crippen LogP contribution < -0.4 is 0 Å². The van der Waals surface area contributed by atoms with E-state index in [9.17, 15) is 5.26 Å². The molecule has 0 unspecified atom stereocenters. The van der Waals surface area contributed by atoms with E-state index in [1.54, 1.807) is 18.2 Å². The fraction of sp³-hybridized carbons (Fsp3) is 0. The van der Waals surface area contributed by atoms with Crippen molar-refractivity contribution in [3.8, 4) is 28.3 Å². The van der Waals surface area contributed by atoms with Crippen molar-refractivity contribution >= 4 is 5.71 Å². The Bertz CT molecular complexity index is 1020. The van der Waals surface area contributed by atoms with Crippen molar-refractivity contribution in [1.82, 2.24) is 0 Å². The number of rotatable bonds is 5. The lowest BCUT2D eigenvalue weighted by Gasteiger charge is -2.09. The van der Waals surface area contributed by atoms with E-state index in [4.69, 9.17) is 5.41 Å². The van der Waals surface area contributed by atoms with Gasteiger partial charge in [0.05, 0.1) is 17.3 Å². The number of nitrogens with zero attached hydrogens (tertiary/aromatic N) is 1. The molecule has 0 atom stereocenters. The minimum Gasteiger partial charge on any atom is -0.300 e. The highest BCUT2D eigenvalue weighted by molar-refractivity contribution is 6.07. The van der Waals surface area contributed by atoms with Crippen LogP contribution >= 0.6 is 0 Å². The Morgan fingerprint density at radius 3 is 2.35 bits per heavy atom. The highest BCUT2D eigenvalue weighted by Gasteiger charge is 2.08. The van der Waals surface area contributed by atoms with Gasteiger partial charge in [0.15, 0.2) is 0 Å². The fourth-order valence-corrected chi connectivity index (χ4v) is 2.81. The summed E-state index contributed by atoms with van der Waals surface area (Å²) in [5, 5.41) is 17.7. The molecule has 0 aliphatic rings. The van der Waals surface area contributed by atoms with E-state index in [-0.39, 0.29) is 0 Å². The zero-order valence-electron chi connectivity index (χ0n) is 14.3. The molecule has 0 spiro atoms. The molecule has 0 radical (unpaired) electrons. The molecule has 0 saturated carbocycles. The van der Waals surface area contributed by atoms with Crippen molar-refractivity contribution in [3.05, 3.63) is 109 Å². The summed E-state index contributed by atoms with van der Waals surface area (Å²) in [6.07, 6.45) is 5.11. The molecular weight excluding hydrogens is 316 g/mol. The topological polar surface area (TPSA) is 47.6 Å². The van der Waals surface area contributed by atoms with Crippen LogP contribution in [-0.4, -0.2) is 5.71 Å². The van der Waals surface area contributed by atoms with Crippen LogP contribution in [0.25, 0.3) is 22.3 Å². The van der Waals surface area contributed by atoms with E-state index in [0.717, 1.165) is 27.8 Å². The second-order valence-electron chi connectivity index (χ2n) is 5.83. The van der Waals surface area contributed by atoms with Gasteiger partial charge in [-0.3, -0.25) is 0 Å². The summed E-state index contributed by atoms with van der Waals surface area (Å²) < 4.78 is 0. The Morgan fingerprint density at radius 2 is 1.62 bits per heavy atom. The van der Waals surface area contributed by atoms with E-state index in [1.807, 2.05) is 72.8 Å². The molecule has 0 aliphatic carbocycles. The van der Waals surface area contributed by atoms with Crippen LogP contribution in [0.2, 0.25) is 0 Å². The summed E-state index contributed by atoms with van der Waals surface area (Å²) in [6.45, 7) is 3.63. The number of nitrogens with one attached hydrogen (secondary N) is 1. The Morgan fingerprint density at radius 1 is 0.885 bits per heavy atom. The number of nitriles is 1. The van der Waals surface area contributed by atoms with E-state index in [2.05, 4.69) is 12.6 Å². The van der Waals surface area contributed by atoms with Gasteiger partial charge >= 0.3 is 0 Å². The molecule has 3 rings (SSSR count). The van der Waals surface area contributed by atoms with Crippen molar-refractivity contribution in [2.75, 3.05) is 0 Å². The lowest BCUT2D eigenvalue weighted by Crippen LogP contribution is -1.94. The number of benzene rings is 3.